The van der Waals surface area contributed by atoms with Crippen molar-refractivity contribution in [3.8, 4) is 28.6 Å². The lowest BCUT2D eigenvalue weighted by Gasteiger charge is -2.31. The summed E-state index contributed by atoms with van der Waals surface area (Å²) in [6, 6.07) is 17.6. The summed E-state index contributed by atoms with van der Waals surface area (Å²) in [6.07, 6.45) is -0.505. The highest BCUT2D eigenvalue weighted by atomic mass is 16.5. The van der Waals surface area contributed by atoms with Crippen LogP contribution in [0.4, 0.5) is 0 Å². The van der Waals surface area contributed by atoms with E-state index in [-0.39, 0.29) is 0 Å². The first-order valence-corrected chi connectivity index (χ1v) is 12.7. The molecular weight excluding hydrogens is 472 g/mol. The highest BCUT2D eigenvalue weighted by molar-refractivity contribution is 5.65. The first-order valence-electron chi connectivity index (χ1n) is 12.7. The van der Waals surface area contributed by atoms with Crippen LogP contribution in [0.2, 0.25) is 0 Å². The van der Waals surface area contributed by atoms with Crippen molar-refractivity contribution in [2.75, 3.05) is 66.8 Å². The van der Waals surface area contributed by atoms with Crippen molar-refractivity contribution in [3.05, 3.63) is 60.2 Å². The fourth-order valence-corrected chi connectivity index (χ4v) is 4.54. The normalized spacial score (nSPS) is 15.2. The number of methoxy groups -OCH3 is 2. The summed E-state index contributed by atoms with van der Waals surface area (Å²) >= 11 is 0. The smallest absolute Gasteiger partial charge is 0.222 e. The van der Waals surface area contributed by atoms with E-state index in [2.05, 4.69) is 9.80 Å². The molecule has 0 bridgehead atoms. The molecule has 4 rings (SSSR count). The predicted octanol–water partition coefficient (Wildman–Crippen LogP) is 3.03. The average molecular weight is 511 g/mol. The average Bonchev–Trinajstić information content (AvgIpc) is 3.22. The minimum Gasteiger partial charge on any atom is -0.497 e. The maximum absolute atomic E-state index is 11.0. The second-order valence-corrected chi connectivity index (χ2v) is 9.20. The van der Waals surface area contributed by atoms with Crippen LogP contribution in [0.5, 0.6) is 17.4 Å². The van der Waals surface area contributed by atoms with Crippen molar-refractivity contribution >= 4 is 0 Å². The van der Waals surface area contributed by atoms with Crippen molar-refractivity contribution in [2.24, 2.45) is 7.05 Å². The standard InChI is InChI=1S/C28H38N4O5/c1-30-28(37-25-11-7-10-24(18-25)35-3)26(27(29-30)22-8-5-4-6-9-22)21-32(12-15-34-2)20-23(33)19-31-13-16-36-17-14-31/h4-11,18,23,33H,12-17,19-21H2,1-3H3. The monoisotopic (exact) mass is 510 g/mol. The van der Waals surface area contributed by atoms with E-state index in [1.54, 1.807) is 18.9 Å². The van der Waals surface area contributed by atoms with Gasteiger partial charge in [0.1, 0.15) is 17.2 Å². The Kier molecular flexibility index (Phi) is 9.92. The Hall–Kier alpha value is -2.95. The SMILES string of the molecule is COCCN(Cc1c(-c2ccccc2)nn(C)c1Oc1cccc(OC)c1)CC(O)CN1CCOCC1. The molecule has 1 aromatic heterocycles. The molecule has 1 aliphatic rings. The molecular formula is C28H38N4O5. The number of aliphatic hydroxyl groups is 1. The van der Waals surface area contributed by atoms with Gasteiger partial charge < -0.3 is 24.1 Å². The predicted molar refractivity (Wildman–Crippen MR) is 142 cm³/mol. The van der Waals surface area contributed by atoms with Gasteiger partial charge in [0.15, 0.2) is 0 Å². The Morgan fingerprint density at radius 1 is 1.05 bits per heavy atom. The van der Waals surface area contributed by atoms with Gasteiger partial charge in [0.05, 0.1) is 38.6 Å². The third-order valence-corrected chi connectivity index (χ3v) is 6.43. The number of aliphatic hydroxyl groups excluding tert-OH is 1. The zero-order chi connectivity index (χ0) is 26.0. The van der Waals surface area contributed by atoms with Crippen LogP contribution in [0.3, 0.4) is 0 Å². The maximum Gasteiger partial charge on any atom is 0.222 e. The first kappa shape index (κ1) is 27.1. The maximum atomic E-state index is 11.0. The Morgan fingerprint density at radius 2 is 1.81 bits per heavy atom. The van der Waals surface area contributed by atoms with Crippen molar-refractivity contribution in [3.63, 3.8) is 0 Å². The van der Waals surface area contributed by atoms with Crippen molar-refractivity contribution in [1.82, 2.24) is 19.6 Å². The Bertz CT molecular complexity index is 1100. The van der Waals surface area contributed by atoms with Gasteiger partial charge in [0.2, 0.25) is 5.88 Å². The van der Waals surface area contributed by atoms with Crippen LogP contribution in [0.15, 0.2) is 54.6 Å². The van der Waals surface area contributed by atoms with Crippen molar-refractivity contribution < 1.29 is 24.1 Å². The number of hydrogen-bond donors (Lipinski definition) is 1. The summed E-state index contributed by atoms with van der Waals surface area (Å²) in [4.78, 5) is 4.45. The van der Waals surface area contributed by atoms with E-state index in [1.165, 1.54) is 0 Å². The number of benzene rings is 2. The lowest BCUT2D eigenvalue weighted by Crippen LogP contribution is -2.45. The van der Waals surface area contributed by atoms with Crippen molar-refractivity contribution in [1.29, 1.82) is 0 Å². The van der Waals surface area contributed by atoms with Gasteiger partial charge in [-0.25, -0.2) is 4.68 Å². The number of rotatable bonds is 13. The summed E-state index contributed by atoms with van der Waals surface area (Å²) in [7, 11) is 5.22. The highest BCUT2D eigenvalue weighted by Gasteiger charge is 2.24. The molecule has 2 aromatic carbocycles. The molecule has 1 unspecified atom stereocenters. The molecule has 2 heterocycles. The van der Waals surface area contributed by atoms with Crippen molar-refractivity contribution in [2.45, 2.75) is 12.6 Å². The molecule has 0 aliphatic carbocycles. The molecule has 1 N–H and O–H groups in total. The van der Waals surface area contributed by atoms with Gasteiger partial charge in [-0.2, -0.15) is 5.10 Å². The van der Waals surface area contributed by atoms with Gasteiger partial charge in [-0.3, -0.25) is 9.80 Å². The van der Waals surface area contributed by atoms with Gasteiger partial charge >= 0.3 is 0 Å². The number of aromatic nitrogens is 2. The van der Waals surface area contributed by atoms with E-state index in [9.17, 15) is 5.11 Å². The number of morpholine rings is 1. The number of β-amino-alcohol motifs (C(OH)–C–C–N with tert-alkyl or cyclic N) is 1. The third-order valence-electron chi connectivity index (χ3n) is 6.43. The number of aryl methyl sites for hydroxylation is 1. The molecule has 1 atom stereocenters. The number of nitrogens with zero attached hydrogens (tertiary/aromatic N) is 4. The minimum absolute atomic E-state index is 0.502. The minimum atomic E-state index is -0.505. The second-order valence-electron chi connectivity index (χ2n) is 9.20. The molecule has 0 saturated carbocycles. The molecule has 0 spiro atoms. The molecule has 1 saturated heterocycles. The van der Waals surface area contributed by atoms with Crippen LogP contribution < -0.4 is 9.47 Å². The number of ether oxygens (including phenoxy) is 4. The van der Waals surface area contributed by atoms with Crippen LogP contribution in [-0.2, 0) is 23.1 Å². The molecule has 37 heavy (non-hydrogen) atoms. The topological polar surface area (TPSA) is 81.5 Å². The van der Waals surface area contributed by atoms with Crippen LogP contribution in [0, 0.1) is 0 Å². The van der Waals surface area contributed by atoms with E-state index in [4.69, 9.17) is 24.0 Å². The molecule has 1 aliphatic heterocycles. The molecule has 200 valence electrons. The summed E-state index contributed by atoms with van der Waals surface area (Å²) in [5, 5.41) is 15.8. The van der Waals surface area contributed by atoms with Gasteiger partial charge in [-0.15, -0.1) is 0 Å². The second kappa shape index (κ2) is 13.6. The van der Waals surface area contributed by atoms with E-state index in [0.29, 0.717) is 57.6 Å². The first-order chi connectivity index (χ1) is 18.1. The molecule has 1 fully saturated rings. The van der Waals surface area contributed by atoms with Crippen LogP contribution in [0.25, 0.3) is 11.3 Å². The Morgan fingerprint density at radius 3 is 2.54 bits per heavy atom. The van der Waals surface area contributed by atoms with Gasteiger partial charge in [0.25, 0.3) is 0 Å². The van der Waals surface area contributed by atoms with Crippen LogP contribution >= 0.6 is 0 Å². The fraction of sp³-hybridized carbons (Fsp3) is 0.464. The van der Waals surface area contributed by atoms with Gasteiger partial charge in [-0.05, 0) is 12.1 Å². The molecule has 0 amide bonds. The third kappa shape index (κ3) is 7.53. The molecule has 3 aromatic rings. The molecule has 0 radical (unpaired) electrons. The summed E-state index contributed by atoms with van der Waals surface area (Å²) in [6.45, 7) is 5.98. The lowest BCUT2D eigenvalue weighted by atomic mass is 10.1. The Balaban J connectivity index is 1.61. The van der Waals surface area contributed by atoms with Gasteiger partial charge in [0, 0.05) is 65.1 Å². The van der Waals surface area contributed by atoms with Gasteiger partial charge in [-0.1, -0.05) is 36.4 Å². The van der Waals surface area contributed by atoms with E-state index in [1.807, 2.05) is 61.6 Å². The number of hydrogen-bond acceptors (Lipinski definition) is 8. The highest BCUT2D eigenvalue weighted by Crippen LogP contribution is 2.35. The molecule has 9 heteroatoms. The van der Waals surface area contributed by atoms with E-state index in [0.717, 1.165) is 35.7 Å². The lowest BCUT2D eigenvalue weighted by molar-refractivity contribution is 0.00434. The molecule has 9 nitrogen and oxygen atoms in total. The van der Waals surface area contributed by atoms with Crippen LogP contribution in [0.1, 0.15) is 5.56 Å². The zero-order valence-electron chi connectivity index (χ0n) is 22.0. The summed E-state index contributed by atoms with van der Waals surface area (Å²) in [5.74, 6) is 2.04. The summed E-state index contributed by atoms with van der Waals surface area (Å²) in [5.41, 5.74) is 2.81. The fourth-order valence-electron chi connectivity index (χ4n) is 4.54. The summed E-state index contributed by atoms with van der Waals surface area (Å²) < 4.78 is 24.4. The van der Waals surface area contributed by atoms with E-state index >= 15 is 0 Å². The quantitative estimate of drug-likeness (QED) is 0.376. The van der Waals surface area contributed by atoms with Crippen LogP contribution in [-0.4, -0.2) is 97.6 Å². The zero-order valence-corrected chi connectivity index (χ0v) is 22.0. The largest absolute Gasteiger partial charge is 0.497 e. The van der Waals surface area contributed by atoms with E-state index < -0.39 is 6.10 Å². The Labute approximate surface area is 219 Å².